The summed E-state index contributed by atoms with van der Waals surface area (Å²) >= 11 is 1.58. The van der Waals surface area contributed by atoms with Crippen LogP contribution in [0.25, 0.3) is 0 Å². The van der Waals surface area contributed by atoms with Crippen LogP contribution in [0.15, 0.2) is 47.4 Å². The highest BCUT2D eigenvalue weighted by Gasteiger charge is 2.21. The molecule has 1 atom stereocenters. The van der Waals surface area contributed by atoms with Gasteiger partial charge in [0, 0.05) is 10.6 Å². The molecule has 0 radical (unpaired) electrons. The molecule has 0 bridgehead atoms. The molecule has 5 nitrogen and oxygen atoms in total. The number of anilines is 2. The second kappa shape index (κ2) is 9.58. The van der Waals surface area contributed by atoms with E-state index < -0.39 is 6.04 Å². The minimum Gasteiger partial charge on any atom is -0.325 e. The Hall–Kier alpha value is -2.31. The van der Waals surface area contributed by atoms with Gasteiger partial charge in [-0.15, -0.1) is 11.8 Å². The van der Waals surface area contributed by atoms with Crippen LogP contribution in [0.1, 0.15) is 18.1 Å². The molecule has 2 rings (SSSR count). The summed E-state index contributed by atoms with van der Waals surface area (Å²) < 4.78 is 0. The maximum atomic E-state index is 12.6. The van der Waals surface area contributed by atoms with Crippen LogP contribution in [0.5, 0.6) is 0 Å². The second-order valence-corrected chi connectivity index (χ2v) is 7.50. The number of para-hydroxylation sites is 1. The minimum absolute atomic E-state index is 0.131. The van der Waals surface area contributed by atoms with Crippen molar-refractivity contribution in [3.63, 3.8) is 0 Å². The van der Waals surface area contributed by atoms with Gasteiger partial charge in [-0.05, 0) is 63.4 Å². The number of rotatable bonds is 7. The van der Waals surface area contributed by atoms with E-state index in [1.54, 1.807) is 30.6 Å². The quantitative estimate of drug-likeness (QED) is 0.709. The number of nitrogens with one attached hydrogen (secondary N) is 2. The van der Waals surface area contributed by atoms with Crippen molar-refractivity contribution in [1.82, 2.24) is 4.90 Å². The van der Waals surface area contributed by atoms with Crippen LogP contribution in [0, 0.1) is 13.8 Å². The molecule has 0 fully saturated rings. The van der Waals surface area contributed by atoms with Gasteiger partial charge >= 0.3 is 0 Å². The van der Waals surface area contributed by atoms with Crippen LogP contribution in [-0.2, 0) is 9.59 Å². The van der Waals surface area contributed by atoms with Gasteiger partial charge in [0.25, 0.3) is 0 Å². The van der Waals surface area contributed by atoms with Crippen LogP contribution < -0.4 is 10.6 Å². The number of hydrogen-bond donors (Lipinski definition) is 2. The van der Waals surface area contributed by atoms with Crippen LogP contribution in [-0.4, -0.2) is 42.6 Å². The SMILES string of the molecule is CSc1ccccc1NC(=O)[C@H](C)N(C)CC(=O)Nc1cc(C)ccc1C. The lowest BCUT2D eigenvalue weighted by molar-refractivity contribution is -0.122. The molecule has 2 amide bonds. The van der Waals surface area contributed by atoms with Crippen LogP contribution in [0.4, 0.5) is 11.4 Å². The molecule has 0 aliphatic rings. The molecular formula is C21H27N3O2S. The van der Waals surface area contributed by atoms with Crippen molar-refractivity contribution >= 4 is 35.0 Å². The zero-order valence-corrected chi connectivity index (χ0v) is 17.3. The Labute approximate surface area is 165 Å². The molecule has 0 unspecified atom stereocenters. The number of likely N-dealkylation sites (N-methyl/N-ethyl adjacent to an activating group) is 1. The smallest absolute Gasteiger partial charge is 0.241 e. The standard InChI is InChI=1S/C21H27N3O2S/c1-14-10-11-15(2)18(12-14)22-20(25)13-24(4)16(3)21(26)23-17-8-6-7-9-19(17)27-5/h6-12,16H,13H2,1-5H3,(H,22,25)(H,23,26)/t16-/m0/s1. The van der Waals surface area contributed by atoms with Gasteiger partial charge in [0.1, 0.15) is 0 Å². The fourth-order valence-corrected chi connectivity index (χ4v) is 3.16. The van der Waals surface area contributed by atoms with Crippen LogP contribution >= 0.6 is 11.8 Å². The van der Waals surface area contributed by atoms with Gasteiger partial charge < -0.3 is 10.6 Å². The summed E-state index contributed by atoms with van der Waals surface area (Å²) in [6, 6.07) is 13.2. The van der Waals surface area contributed by atoms with Gasteiger partial charge in [0.05, 0.1) is 18.3 Å². The zero-order valence-electron chi connectivity index (χ0n) is 16.5. The Kier molecular flexibility index (Phi) is 7.45. The number of aryl methyl sites for hydroxylation is 2. The van der Waals surface area contributed by atoms with E-state index in [9.17, 15) is 9.59 Å². The average Bonchev–Trinajstić information content (AvgIpc) is 2.64. The maximum absolute atomic E-state index is 12.6. The summed E-state index contributed by atoms with van der Waals surface area (Å²) in [5.74, 6) is -0.283. The maximum Gasteiger partial charge on any atom is 0.241 e. The van der Waals surface area contributed by atoms with Gasteiger partial charge in [0.2, 0.25) is 11.8 Å². The Balaban J connectivity index is 1.95. The van der Waals surface area contributed by atoms with Crippen LogP contribution in [0.2, 0.25) is 0 Å². The summed E-state index contributed by atoms with van der Waals surface area (Å²) in [5, 5.41) is 5.88. The third kappa shape index (κ3) is 5.84. The first-order valence-corrected chi connectivity index (χ1v) is 10.1. The molecule has 0 aliphatic carbocycles. The first-order valence-electron chi connectivity index (χ1n) is 8.83. The van der Waals surface area contributed by atoms with E-state index in [-0.39, 0.29) is 18.4 Å². The summed E-state index contributed by atoms with van der Waals surface area (Å²) in [6.07, 6.45) is 1.97. The fourth-order valence-electron chi connectivity index (χ4n) is 2.61. The summed E-state index contributed by atoms with van der Waals surface area (Å²) in [5.41, 5.74) is 3.69. The number of hydrogen-bond acceptors (Lipinski definition) is 4. The third-order valence-electron chi connectivity index (χ3n) is 4.47. The molecule has 2 N–H and O–H groups in total. The van der Waals surface area contributed by atoms with Crippen molar-refractivity contribution in [2.24, 2.45) is 0 Å². The second-order valence-electron chi connectivity index (χ2n) is 6.65. The summed E-state index contributed by atoms with van der Waals surface area (Å²) in [4.78, 5) is 27.7. The lowest BCUT2D eigenvalue weighted by Crippen LogP contribution is -2.43. The minimum atomic E-state index is -0.440. The van der Waals surface area contributed by atoms with E-state index in [4.69, 9.17) is 0 Å². The van der Waals surface area contributed by atoms with Crippen molar-refractivity contribution in [1.29, 1.82) is 0 Å². The molecule has 0 saturated carbocycles. The summed E-state index contributed by atoms with van der Waals surface area (Å²) in [7, 11) is 1.77. The molecule has 0 heterocycles. The van der Waals surface area contributed by atoms with Crippen molar-refractivity contribution in [2.75, 3.05) is 30.5 Å². The topological polar surface area (TPSA) is 61.4 Å². The predicted molar refractivity (Wildman–Crippen MR) is 113 cm³/mol. The first-order chi connectivity index (χ1) is 12.8. The van der Waals surface area contributed by atoms with Crippen LogP contribution in [0.3, 0.4) is 0 Å². The molecule has 144 valence electrons. The molecule has 2 aromatic carbocycles. The molecule has 0 spiro atoms. The molecule has 27 heavy (non-hydrogen) atoms. The molecule has 0 aromatic heterocycles. The largest absolute Gasteiger partial charge is 0.325 e. The van der Waals surface area contributed by atoms with E-state index in [1.807, 2.05) is 62.6 Å². The first kappa shape index (κ1) is 21.0. The number of thioether (sulfide) groups is 1. The fraction of sp³-hybridized carbons (Fsp3) is 0.333. The van der Waals surface area contributed by atoms with Gasteiger partial charge in [-0.25, -0.2) is 0 Å². The predicted octanol–water partition coefficient (Wildman–Crippen LogP) is 3.92. The lowest BCUT2D eigenvalue weighted by atomic mass is 10.1. The van der Waals surface area contributed by atoms with Crippen molar-refractivity contribution in [3.05, 3.63) is 53.6 Å². The van der Waals surface area contributed by atoms with Crippen molar-refractivity contribution in [2.45, 2.75) is 31.7 Å². The molecule has 6 heteroatoms. The Morgan fingerprint density at radius 2 is 1.78 bits per heavy atom. The van der Waals surface area contributed by atoms with Gasteiger partial charge in [-0.1, -0.05) is 24.3 Å². The number of nitrogens with zero attached hydrogens (tertiary/aromatic N) is 1. The highest BCUT2D eigenvalue weighted by Crippen LogP contribution is 2.24. The van der Waals surface area contributed by atoms with E-state index >= 15 is 0 Å². The number of amides is 2. The highest BCUT2D eigenvalue weighted by atomic mass is 32.2. The number of carbonyl (C=O) groups excluding carboxylic acids is 2. The normalized spacial score (nSPS) is 11.9. The Bertz CT molecular complexity index is 823. The molecule has 2 aromatic rings. The van der Waals surface area contributed by atoms with E-state index in [0.29, 0.717) is 0 Å². The number of carbonyl (C=O) groups is 2. The number of benzene rings is 2. The average molecular weight is 386 g/mol. The zero-order chi connectivity index (χ0) is 20.0. The van der Waals surface area contributed by atoms with Gasteiger partial charge in [0.15, 0.2) is 0 Å². The molecular weight excluding hydrogens is 358 g/mol. The third-order valence-corrected chi connectivity index (χ3v) is 5.26. The highest BCUT2D eigenvalue weighted by molar-refractivity contribution is 7.98. The van der Waals surface area contributed by atoms with E-state index in [1.165, 1.54) is 0 Å². The Morgan fingerprint density at radius 1 is 1.07 bits per heavy atom. The van der Waals surface area contributed by atoms with Gasteiger partial charge in [-0.3, -0.25) is 14.5 Å². The lowest BCUT2D eigenvalue weighted by Gasteiger charge is -2.24. The van der Waals surface area contributed by atoms with Crippen molar-refractivity contribution in [3.8, 4) is 0 Å². The monoisotopic (exact) mass is 385 g/mol. The Morgan fingerprint density at radius 3 is 2.48 bits per heavy atom. The van der Waals surface area contributed by atoms with E-state index in [0.717, 1.165) is 27.4 Å². The molecule has 0 saturated heterocycles. The van der Waals surface area contributed by atoms with Gasteiger partial charge in [-0.2, -0.15) is 0 Å². The van der Waals surface area contributed by atoms with Crippen molar-refractivity contribution < 1.29 is 9.59 Å². The van der Waals surface area contributed by atoms with E-state index in [2.05, 4.69) is 10.6 Å². The summed E-state index contributed by atoms with van der Waals surface area (Å²) in [6.45, 7) is 5.87. The molecule has 0 aliphatic heterocycles.